The van der Waals surface area contributed by atoms with Gasteiger partial charge in [-0.1, -0.05) is 0 Å². The Bertz CT molecular complexity index is 562. The Hall–Kier alpha value is 0.446. The van der Waals surface area contributed by atoms with Gasteiger partial charge in [0.2, 0.25) is 0 Å². The van der Waals surface area contributed by atoms with Gasteiger partial charge in [-0.25, -0.2) is 13.8 Å². The van der Waals surface area contributed by atoms with Crippen molar-refractivity contribution in [3.05, 3.63) is 23.3 Å². The Balaban J connectivity index is 0.00000112. The molecule has 0 aliphatic carbocycles. The van der Waals surface area contributed by atoms with Gasteiger partial charge in [0.15, 0.2) is 11.6 Å². The van der Waals surface area contributed by atoms with Gasteiger partial charge in [0.25, 0.3) is 0 Å². The van der Waals surface area contributed by atoms with Gasteiger partial charge < -0.3 is 0 Å². The summed E-state index contributed by atoms with van der Waals surface area (Å²) < 4.78 is 26.9. The first-order chi connectivity index (χ1) is 6.63. The molecular formula is C8H3F2KN2S2. The van der Waals surface area contributed by atoms with E-state index in [0.29, 0.717) is 0 Å². The van der Waals surface area contributed by atoms with Crippen LogP contribution in [-0.4, -0.2) is 56.4 Å². The molecule has 0 amide bonds. The van der Waals surface area contributed by atoms with Crippen LogP contribution in [0.5, 0.6) is 0 Å². The second kappa shape index (κ2) is 5.18. The number of fused-ring (bicyclic) bond motifs is 1. The van der Waals surface area contributed by atoms with Crippen LogP contribution in [0.4, 0.5) is 8.78 Å². The van der Waals surface area contributed by atoms with Gasteiger partial charge in [-0.3, -0.25) is 0 Å². The van der Waals surface area contributed by atoms with Crippen molar-refractivity contribution in [2.75, 3.05) is 0 Å². The maximum absolute atomic E-state index is 13.4. The predicted molar refractivity (Wildman–Crippen MR) is 58.7 cm³/mol. The molecule has 2 rings (SSSR count). The van der Waals surface area contributed by atoms with E-state index in [-0.39, 0.29) is 71.5 Å². The van der Waals surface area contributed by atoms with Crippen molar-refractivity contribution in [2.24, 2.45) is 0 Å². The second-order valence-corrected chi connectivity index (χ2v) is 4.23. The number of nitrogens with zero attached hydrogens (tertiary/aromatic N) is 2. The van der Waals surface area contributed by atoms with E-state index in [1.54, 1.807) is 6.07 Å². The molecule has 72 valence electrons. The number of hydrogen-bond donors (Lipinski definition) is 1. The zero-order valence-corrected chi connectivity index (χ0v) is 8.29. The van der Waals surface area contributed by atoms with E-state index in [9.17, 15) is 8.78 Å². The third-order valence-electron chi connectivity index (χ3n) is 1.67. The number of thiazole rings is 1. The van der Waals surface area contributed by atoms with Crippen LogP contribution in [0.2, 0.25) is 0 Å². The molecule has 0 saturated heterocycles. The average molecular weight is 268 g/mol. The second-order valence-electron chi connectivity index (χ2n) is 2.51. The van der Waals surface area contributed by atoms with Crippen molar-refractivity contribution < 1.29 is 8.78 Å². The van der Waals surface area contributed by atoms with Crippen LogP contribution in [0, 0.1) is 23.0 Å². The van der Waals surface area contributed by atoms with Crippen molar-refractivity contribution in [3.63, 3.8) is 0 Å². The number of nitriles is 1. The van der Waals surface area contributed by atoms with Crippen LogP contribution in [0.1, 0.15) is 5.56 Å². The summed E-state index contributed by atoms with van der Waals surface area (Å²) in [6.07, 6.45) is 0. The van der Waals surface area contributed by atoms with Gasteiger partial charge in [-0.05, 0) is 6.07 Å². The zero-order chi connectivity index (χ0) is 10.3. The van der Waals surface area contributed by atoms with E-state index in [4.69, 9.17) is 5.26 Å². The quantitative estimate of drug-likeness (QED) is 0.587. The summed E-state index contributed by atoms with van der Waals surface area (Å²) in [7, 11) is 0. The summed E-state index contributed by atoms with van der Waals surface area (Å²) in [5.41, 5.74) is -0.386. The molecule has 0 unspecified atom stereocenters. The van der Waals surface area contributed by atoms with Gasteiger partial charge in [-0.2, -0.15) is 5.26 Å². The molecular weight excluding hydrogens is 265 g/mol. The molecule has 0 bridgehead atoms. The van der Waals surface area contributed by atoms with Crippen LogP contribution < -0.4 is 0 Å². The van der Waals surface area contributed by atoms with Gasteiger partial charge in [0.05, 0.1) is 10.3 Å². The van der Waals surface area contributed by atoms with Gasteiger partial charge in [-0.15, -0.1) is 24.0 Å². The van der Waals surface area contributed by atoms with Gasteiger partial charge >= 0.3 is 51.4 Å². The Morgan fingerprint density at radius 3 is 2.73 bits per heavy atom. The van der Waals surface area contributed by atoms with Gasteiger partial charge in [0.1, 0.15) is 15.9 Å². The summed E-state index contributed by atoms with van der Waals surface area (Å²) in [6.45, 7) is 0. The maximum atomic E-state index is 13.4. The van der Waals surface area contributed by atoms with Crippen LogP contribution in [0.3, 0.4) is 0 Å². The molecule has 15 heavy (non-hydrogen) atoms. The first-order valence-electron chi connectivity index (χ1n) is 3.51. The molecule has 0 saturated carbocycles. The molecule has 1 heterocycles. The summed E-state index contributed by atoms with van der Waals surface area (Å²) in [4.78, 5) is 3.71. The summed E-state index contributed by atoms with van der Waals surface area (Å²) in [6, 6.07) is 2.41. The molecule has 2 aromatic rings. The molecule has 0 aliphatic rings. The number of benzene rings is 1. The summed E-state index contributed by atoms with van der Waals surface area (Å²) in [5, 5.41) is 8.52. The number of rotatable bonds is 0. The van der Waals surface area contributed by atoms with Crippen molar-refractivity contribution in [1.29, 1.82) is 5.26 Å². The zero-order valence-electron chi connectivity index (χ0n) is 6.58. The fraction of sp³-hybridized carbons (Fsp3) is 0. The molecule has 0 aliphatic heterocycles. The molecule has 0 atom stereocenters. The van der Waals surface area contributed by atoms with Crippen molar-refractivity contribution in [2.45, 2.75) is 4.34 Å². The molecule has 1 aromatic heterocycles. The molecule has 0 fully saturated rings. The number of hydrogen-bond acceptors (Lipinski definition) is 4. The van der Waals surface area contributed by atoms with Gasteiger partial charge in [0, 0.05) is 0 Å². The Morgan fingerprint density at radius 2 is 2.13 bits per heavy atom. The van der Waals surface area contributed by atoms with Crippen LogP contribution in [-0.2, 0) is 0 Å². The van der Waals surface area contributed by atoms with E-state index in [1.807, 2.05) is 0 Å². The number of aromatic nitrogens is 1. The molecule has 0 radical (unpaired) electrons. The standard InChI is InChI=1S/C8H2F2N2S2.K.H/c9-4-1-3(2-11)5(10)7-6(4)12-8(13)14-7;;/h1H,(H,12,13);;. The van der Waals surface area contributed by atoms with E-state index in [0.717, 1.165) is 17.4 Å². The number of halogens is 2. The summed E-state index contributed by atoms with van der Waals surface area (Å²) >= 11 is 4.80. The molecule has 7 heteroatoms. The van der Waals surface area contributed by atoms with Crippen LogP contribution >= 0.6 is 24.0 Å². The third kappa shape index (κ3) is 2.41. The molecule has 2 nitrogen and oxygen atoms in total. The van der Waals surface area contributed by atoms with Crippen molar-refractivity contribution in [1.82, 2.24) is 4.98 Å². The Morgan fingerprint density at radius 1 is 1.47 bits per heavy atom. The first kappa shape index (κ1) is 13.5. The SMILES string of the molecule is N#Cc1cc(F)c2nc(S)sc2c1F.[KH]. The first-order valence-corrected chi connectivity index (χ1v) is 4.77. The number of thiol groups is 1. The Kier molecular flexibility index (Phi) is 4.67. The average Bonchev–Trinajstić information content (AvgIpc) is 2.54. The normalized spacial score (nSPS) is 9.73. The molecule has 1 aromatic carbocycles. The predicted octanol–water partition coefficient (Wildman–Crippen LogP) is 2.09. The molecule has 0 spiro atoms. The fourth-order valence-corrected chi connectivity index (χ4v) is 2.21. The van der Waals surface area contributed by atoms with Crippen molar-refractivity contribution >= 4 is 85.6 Å². The summed E-state index contributed by atoms with van der Waals surface area (Å²) in [5.74, 6) is -1.43. The monoisotopic (exact) mass is 268 g/mol. The van der Waals surface area contributed by atoms with Crippen molar-refractivity contribution in [3.8, 4) is 6.07 Å². The fourth-order valence-electron chi connectivity index (χ4n) is 1.08. The van der Waals surface area contributed by atoms with E-state index < -0.39 is 11.6 Å². The minimum absolute atomic E-state index is 0. The topological polar surface area (TPSA) is 36.7 Å². The van der Waals surface area contributed by atoms with Crippen LogP contribution in [0.25, 0.3) is 10.2 Å². The van der Waals surface area contributed by atoms with Crippen LogP contribution in [0.15, 0.2) is 10.4 Å². The minimum atomic E-state index is -0.735. The van der Waals surface area contributed by atoms with E-state index in [2.05, 4.69) is 17.6 Å². The van der Waals surface area contributed by atoms with E-state index in [1.165, 1.54) is 0 Å². The Labute approximate surface area is 136 Å². The third-order valence-corrected chi connectivity index (χ3v) is 2.89. The molecule has 0 N–H and O–H groups in total. The van der Waals surface area contributed by atoms with E-state index >= 15 is 0 Å².